The Hall–Kier alpha value is -2.60. The largest absolute Gasteiger partial charge is 0.493 e. The van der Waals surface area contributed by atoms with Crippen LogP contribution in [-0.2, 0) is 6.54 Å². The zero-order chi connectivity index (χ0) is 17.5. The maximum Gasteiger partial charge on any atom is 0.319 e. The third-order valence-corrected chi connectivity index (χ3v) is 3.50. The molecule has 2 aromatic rings. The van der Waals surface area contributed by atoms with Gasteiger partial charge in [-0.1, -0.05) is 17.7 Å². The van der Waals surface area contributed by atoms with Crippen molar-refractivity contribution in [3.05, 3.63) is 47.0 Å². The molecule has 0 atom stereocenters. The Labute approximate surface area is 145 Å². The predicted molar refractivity (Wildman–Crippen MR) is 93.4 cm³/mol. The fourth-order valence-electron chi connectivity index (χ4n) is 2.16. The van der Waals surface area contributed by atoms with Crippen LogP contribution < -0.4 is 24.8 Å². The van der Waals surface area contributed by atoms with Gasteiger partial charge in [-0.25, -0.2) is 4.79 Å². The average molecular weight is 351 g/mol. The molecule has 0 aromatic heterocycles. The topological polar surface area (TPSA) is 68.8 Å². The zero-order valence-electron chi connectivity index (χ0n) is 13.7. The Morgan fingerprint density at radius 1 is 1.04 bits per heavy atom. The Balaban J connectivity index is 2.04. The molecule has 6 nitrogen and oxygen atoms in total. The quantitative estimate of drug-likeness (QED) is 0.833. The number of rotatable bonds is 6. The Morgan fingerprint density at radius 3 is 2.25 bits per heavy atom. The lowest BCUT2D eigenvalue weighted by Crippen LogP contribution is -2.28. The van der Waals surface area contributed by atoms with Gasteiger partial charge in [0.15, 0.2) is 11.5 Å². The summed E-state index contributed by atoms with van der Waals surface area (Å²) in [6, 6.07) is 10.1. The van der Waals surface area contributed by atoms with Gasteiger partial charge in [0, 0.05) is 17.3 Å². The third kappa shape index (κ3) is 4.45. The molecule has 2 amide bonds. The van der Waals surface area contributed by atoms with E-state index in [1.165, 1.54) is 7.11 Å². The van der Waals surface area contributed by atoms with Gasteiger partial charge in [-0.15, -0.1) is 0 Å². The number of urea groups is 1. The number of carbonyl (C=O) groups is 1. The number of hydrogen-bond acceptors (Lipinski definition) is 4. The van der Waals surface area contributed by atoms with Crippen molar-refractivity contribution in [1.82, 2.24) is 5.32 Å². The molecule has 0 aliphatic heterocycles. The van der Waals surface area contributed by atoms with Crippen LogP contribution in [0, 0.1) is 0 Å². The normalized spacial score (nSPS) is 10.0. The number of carbonyl (C=O) groups excluding carboxylic acids is 1. The minimum atomic E-state index is -0.342. The Bertz CT molecular complexity index is 696. The van der Waals surface area contributed by atoms with Crippen molar-refractivity contribution in [2.45, 2.75) is 6.54 Å². The molecule has 0 spiro atoms. The van der Waals surface area contributed by atoms with Crippen LogP contribution >= 0.6 is 11.6 Å². The SMILES string of the molecule is COc1cc(CNC(=O)Nc2cccc(Cl)c2)cc(OC)c1OC. The molecule has 0 saturated heterocycles. The first-order chi connectivity index (χ1) is 11.6. The molecule has 24 heavy (non-hydrogen) atoms. The highest BCUT2D eigenvalue weighted by atomic mass is 35.5. The summed E-state index contributed by atoms with van der Waals surface area (Å²) >= 11 is 5.89. The van der Waals surface area contributed by atoms with Crippen molar-refractivity contribution in [3.63, 3.8) is 0 Å². The fourth-order valence-corrected chi connectivity index (χ4v) is 2.35. The Morgan fingerprint density at radius 2 is 1.71 bits per heavy atom. The lowest BCUT2D eigenvalue weighted by Gasteiger charge is -2.14. The van der Waals surface area contributed by atoms with Crippen LogP contribution in [0.2, 0.25) is 5.02 Å². The first-order valence-corrected chi connectivity index (χ1v) is 7.54. The smallest absolute Gasteiger partial charge is 0.319 e. The summed E-state index contributed by atoms with van der Waals surface area (Å²) < 4.78 is 15.8. The maximum absolute atomic E-state index is 12.0. The van der Waals surface area contributed by atoms with Crippen LogP contribution in [0.25, 0.3) is 0 Å². The molecule has 128 valence electrons. The molecule has 0 saturated carbocycles. The summed E-state index contributed by atoms with van der Waals surface area (Å²) in [4.78, 5) is 12.0. The van der Waals surface area contributed by atoms with Crippen LogP contribution in [0.4, 0.5) is 10.5 Å². The lowest BCUT2D eigenvalue weighted by molar-refractivity contribution is 0.251. The third-order valence-electron chi connectivity index (χ3n) is 3.26. The number of ether oxygens (including phenoxy) is 3. The molecule has 0 fully saturated rings. The van der Waals surface area contributed by atoms with E-state index in [2.05, 4.69) is 10.6 Å². The van der Waals surface area contributed by atoms with E-state index in [1.807, 2.05) is 0 Å². The molecule has 0 aliphatic carbocycles. The lowest BCUT2D eigenvalue weighted by atomic mass is 10.2. The molecule has 0 aliphatic rings. The summed E-state index contributed by atoms with van der Waals surface area (Å²) in [5.41, 5.74) is 1.43. The van der Waals surface area contributed by atoms with E-state index in [9.17, 15) is 4.79 Å². The van der Waals surface area contributed by atoms with Crippen molar-refractivity contribution < 1.29 is 19.0 Å². The maximum atomic E-state index is 12.0. The molecular formula is C17H19ClN2O4. The van der Waals surface area contributed by atoms with E-state index in [0.717, 1.165) is 5.56 Å². The summed E-state index contributed by atoms with van der Waals surface area (Å²) in [5.74, 6) is 1.57. The first-order valence-electron chi connectivity index (χ1n) is 7.16. The van der Waals surface area contributed by atoms with Gasteiger partial charge in [-0.3, -0.25) is 0 Å². The van der Waals surface area contributed by atoms with Gasteiger partial charge in [0.2, 0.25) is 5.75 Å². The number of methoxy groups -OCH3 is 3. The highest BCUT2D eigenvalue weighted by Gasteiger charge is 2.13. The van der Waals surface area contributed by atoms with Crippen LogP contribution in [0.15, 0.2) is 36.4 Å². The fraction of sp³-hybridized carbons (Fsp3) is 0.235. The number of halogens is 1. The van der Waals surface area contributed by atoms with E-state index >= 15 is 0 Å². The first kappa shape index (κ1) is 17.7. The second kappa shape index (κ2) is 8.31. The minimum Gasteiger partial charge on any atom is -0.493 e. The number of hydrogen-bond donors (Lipinski definition) is 2. The molecule has 2 N–H and O–H groups in total. The average Bonchev–Trinajstić information content (AvgIpc) is 2.58. The summed E-state index contributed by atoms with van der Waals surface area (Å²) in [7, 11) is 4.62. The van der Waals surface area contributed by atoms with Gasteiger partial charge in [0.05, 0.1) is 21.3 Å². The van der Waals surface area contributed by atoms with Gasteiger partial charge >= 0.3 is 6.03 Å². The summed E-state index contributed by atoms with van der Waals surface area (Å²) in [6.07, 6.45) is 0. The van der Waals surface area contributed by atoms with Crippen LogP contribution in [-0.4, -0.2) is 27.4 Å². The van der Waals surface area contributed by atoms with Gasteiger partial charge in [-0.05, 0) is 35.9 Å². The van der Waals surface area contributed by atoms with Crippen LogP contribution in [0.1, 0.15) is 5.56 Å². The standard InChI is InChI=1S/C17H19ClN2O4/c1-22-14-7-11(8-15(23-2)16(14)24-3)10-19-17(21)20-13-6-4-5-12(18)9-13/h4-9H,10H2,1-3H3,(H2,19,20,21). The van der Waals surface area contributed by atoms with Gasteiger partial charge in [-0.2, -0.15) is 0 Å². The minimum absolute atomic E-state index is 0.295. The van der Waals surface area contributed by atoms with Crippen molar-refractivity contribution >= 4 is 23.3 Å². The van der Waals surface area contributed by atoms with E-state index in [0.29, 0.717) is 34.5 Å². The van der Waals surface area contributed by atoms with E-state index in [-0.39, 0.29) is 6.03 Å². The highest BCUT2D eigenvalue weighted by Crippen LogP contribution is 2.38. The van der Waals surface area contributed by atoms with Crippen molar-refractivity contribution in [2.24, 2.45) is 0 Å². The van der Waals surface area contributed by atoms with E-state index in [1.54, 1.807) is 50.6 Å². The molecule has 0 bridgehead atoms. The molecule has 0 radical (unpaired) electrons. The summed E-state index contributed by atoms with van der Waals surface area (Å²) in [5, 5.41) is 6.03. The van der Waals surface area contributed by atoms with Crippen molar-refractivity contribution in [1.29, 1.82) is 0 Å². The summed E-state index contributed by atoms with van der Waals surface area (Å²) in [6.45, 7) is 0.295. The number of benzene rings is 2. The van der Waals surface area contributed by atoms with Crippen LogP contribution in [0.5, 0.6) is 17.2 Å². The molecule has 7 heteroatoms. The van der Waals surface area contributed by atoms with E-state index < -0.39 is 0 Å². The van der Waals surface area contributed by atoms with Crippen molar-refractivity contribution in [3.8, 4) is 17.2 Å². The number of anilines is 1. The monoisotopic (exact) mass is 350 g/mol. The Kier molecular flexibility index (Phi) is 6.14. The van der Waals surface area contributed by atoms with Gasteiger partial charge in [0.1, 0.15) is 0 Å². The van der Waals surface area contributed by atoms with Gasteiger partial charge in [0.25, 0.3) is 0 Å². The number of amides is 2. The molecular weight excluding hydrogens is 332 g/mol. The van der Waals surface area contributed by atoms with Crippen molar-refractivity contribution in [2.75, 3.05) is 26.6 Å². The molecule has 2 aromatic carbocycles. The second-order valence-corrected chi connectivity index (χ2v) is 5.29. The predicted octanol–water partition coefficient (Wildman–Crippen LogP) is 3.69. The van der Waals surface area contributed by atoms with Gasteiger partial charge < -0.3 is 24.8 Å². The van der Waals surface area contributed by atoms with E-state index in [4.69, 9.17) is 25.8 Å². The highest BCUT2D eigenvalue weighted by molar-refractivity contribution is 6.30. The number of nitrogens with one attached hydrogen (secondary N) is 2. The molecule has 0 heterocycles. The molecule has 2 rings (SSSR count). The molecule has 0 unspecified atom stereocenters. The van der Waals surface area contributed by atoms with Crippen LogP contribution in [0.3, 0.4) is 0 Å². The zero-order valence-corrected chi connectivity index (χ0v) is 14.4. The second-order valence-electron chi connectivity index (χ2n) is 4.85.